The summed E-state index contributed by atoms with van der Waals surface area (Å²) < 4.78 is 7.73. The topological polar surface area (TPSA) is 47.4 Å². The van der Waals surface area contributed by atoms with Gasteiger partial charge in [0.2, 0.25) is 5.91 Å². The number of fused-ring (bicyclic) bond motifs is 1. The molecule has 1 aromatic heterocycles. The van der Waals surface area contributed by atoms with Crippen molar-refractivity contribution in [1.29, 1.82) is 0 Å². The number of benzene rings is 1. The molecule has 0 N–H and O–H groups in total. The van der Waals surface area contributed by atoms with Gasteiger partial charge >= 0.3 is 0 Å². The van der Waals surface area contributed by atoms with E-state index >= 15 is 0 Å². The molecule has 4 rings (SSSR count). The van der Waals surface area contributed by atoms with Crippen molar-refractivity contribution in [1.82, 2.24) is 14.5 Å². The molecule has 1 saturated carbocycles. The predicted octanol–water partition coefficient (Wildman–Crippen LogP) is 2.66. The largest absolute Gasteiger partial charge is 0.378 e. The van der Waals surface area contributed by atoms with E-state index in [1.54, 1.807) is 0 Å². The van der Waals surface area contributed by atoms with Crippen molar-refractivity contribution in [3.8, 4) is 0 Å². The van der Waals surface area contributed by atoms with Gasteiger partial charge in [-0.1, -0.05) is 12.1 Å². The number of likely N-dealkylation sites (tertiary alicyclic amines) is 1. The first-order chi connectivity index (χ1) is 11.2. The zero-order chi connectivity index (χ0) is 16.0. The van der Waals surface area contributed by atoms with Gasteiger partial charge in [-0.05, 0) is 38.3 Å². The Labute approximate surface area is 136 Å². The molecule has 2 aromatic rings. The van der Waals surface area contributed by atoms with Gasteiger partial charge in [-0.15, -0.1) is 0 Å². The van der Waals surface area contributed by atoms with Crippen LogP contribution in [0.1, 0.15) is 38.1 Å². The van der Waals surface area contributed by atoms with E-state index in [1.807, 2.05) is 37.1 Å². The Morgan fingerprint density at radius 3 is 3.00 bits per heavy atom. The van der Waals surface area contributed by atoms with Crippen molar-refractivity contribution in [2.24, 2.45) is 13.0 Å². The number of ether oxygens (including phenoxy) is 1. The van der Waals surface area contributed by atoms with Crippen molar-refractivity contribution in [3.63, 3.8) is 0 Å². The van der Waals surface area contributed by atoms with E-state index in [0.29, 0.717) is 6.61 Å². The Hall–Kier alpha value is -1.88. The second-order valence-electron chi connectivity index (χ2n) is 6.54. The maximum Gasteiger partial charge on any atom is 0.229 e. The third-order valence-electron chi connectivity index (χ3n) is 5.09. The number of carbonyl (C=O) groups is 1. The maximum absolute atomic E-state index is 12.8. The molecule has 3 atom stereocenters. The standard InChI is InChI=1S/C18H23N3O2/c1-3-23-16-11-12(16)18(22)21-10-6-9-15(21)17-19-13-7-4-5-8-14(13)20(17)2/h4-5,7-8,12,15-16H,3,6,9-11H2,1-2H3/t12-,15-,16+/m0/s1. The van der Waals surface area contributed by atoms with Gasteiger partial charge in [0.25, 0.3) is 0 Å². The minimum Gasteiger partial charge on any atom is -0.378 e. The normalized spacial score (nSPS) is 26.9. The van der Waals surface area contributed by atoms with Crippen LogP contribution in [0, 0.1) is 5.92 Å². The Morgan fingerprint density at radius 1 is 1.39 bits per heavy atom. The number of para-hydroxylation sites is 2. The van der Waals surface area contributed by atoms with Crippen LogP contribution in [0.3, 0.4) is 0 Å². The molecular formula is C18H23N3O2. The van der Waals surface area contributed by atoms with E-state index in [4.69, 9.17) is 9.72 Å². The van der Waals surface area contributed by atoms with E-state index in [9.17, 15) is 4.79 Å². The molecule has 0 spiro atoms. The van der Waals surface area contributed by atoms with Crippen LogP contribution in [-0.2, 0) is 16.6 Å². The first kappa shape index (κ1) is 14.7. The zero-order valence-electron chi connectivity index (χ0n) is 13.7. The van der Waals surface area contributed by atoms with E-state index in [-0.39, 0.29) is 24.0 Å². The zero-order valence-corrected chi connectivity index (χ0v) is 13.7. The Morgan fingerprint density at radius 2 is 2.22 bits per heavy atom. The minimum absolute atomic E-state index is 0.0604. The molecule has 0 bridgehead atoms. The summed E-state index contributed by atoms with van der Waals surface area (Å²) in [6.07, 6.45) is 3.05. The van der Waals surface area contributed by atoms with Crippen molar-refractivity contribution in [2.75, 3.05) is 13.2 Å². The quantitative estimate of drug-likeness (QED) is 0.872. The Kier molecular flexibility index (Phi) is 3.60. The third-order valence-corrected chi connectivity index (χ3v) is 5.09. The molecule has 0 unspecified atom stereocenters. The van der Waals surface area contributed by atoms with Gasteiger partial charge in [0, 0.05) is 20.2 Å². The van der Waals surface area contributed by atoms with E-state index in [0.717, 1.165) is 42.7 Å². The number of rotatable bonds is 4. The summed E-state index contributed by atoms with van der Waals surface area (Å²) in [7, 11) is 2.05. The van der Waals surface area contributed by atoms with Crippen LogP contribution >= 0.6 is 0 Å². The van der Waals surface area contributed by atoms with Crippen molar-refractivity contribution >= 4 is 16.9 Å². The highest BCUT2D eigenvalue weighted by Gasteiger charge is 2.48. The molecule has 2 fully saturated rings. The number of nitrogens with zero attached hydrogens (tertiary/aromatic N) is 3. The average molecular weight is 313 g/mol. The molecule has 2 aliphatic rings. The van der Waals surface area contributed by atoms with Gasteiger partial charge in [0.15, 0.2) is 0 Å². The number of aromatic nitrogens is 2. The number of hydrogen-bond acceptors (Lipinski definition) is 3. The van der Waals surface area contributed by atoms with Crippen LogP contribution in [0.2, 0.25) is 0 Å². The van der Waals surface area contributed by atoms with Crippen molar-refractivity contribution < 1.29 is 9.53 Å². The molecule has 1 aromatic carbocycles. The lowest BCUT2D eigenvalue weighted by molar-refractivity contribution is -0.134. The monoisotopic (exact) mass is 313 g/mol. The van der Waals surface area contributed by atoms with Gasteiger partial charge in [0.05, 0.1) is 29.1 Å². The van der Waals surface area contributed by atoms with Gasteiger partial charge in [-0.2, -0.15) is 0 Å². The summed E-state index contributed by atoms with van der Waals surface area (Å²) in [4.78, 5) is 19.6. The van der Waals surface area contributed by atoms with E-state index < -0.39 is 0 Å². The summed E-state index contributed by atoms with van der Waals surface area (Å²) >= 11 is 0. The smallest absolute Gasteiger partial charge is 0.229 e. The van der Waals surface area contributed by atoms with Gasteiger partial charge in [0.1, 0.15) is 5.82 Å². The average Bonchev–Trinajstić information content (AvgIpc) is 3.03. The van der Waals surface area contributed by atoms with Crippen LogP contribution in [0.4, 0.5) is 0 Å². The molecule has 1 aliphatic carbocycles. The van der Waals surface area contributed by atoms with Gasteiger partial charge < -0.3 is 14.2 Å². The molecular weight excluding hydrogens is 290 g/mol. The summed E-state index contributed by atoms with van der Waals surface area (Å²) in [5.74, 6) is 1.31. The summed E-state index contributed by atoms with van der Waals surface area (Å²) in [5.41, 5.74) is 2.13. The maximum atomic E-state index is 12.8. The lowest BCUT2D eigenvalue weighted by Crippen LogP contribution is -2.34. The van der Waals surface area contributed by atoms with Crippen LogP contribution in [-0.4, -0.2) is 39.6 Å². The minimum atomic E-state index is 0.0604. The molecule has 23 heavy (non-hydrogen) atoms. The van der Waals surface area contributed by atoms with Crippen molar-refractivity contribution in [3.05, 3.63) is 30.1 Å². The van der Waals surface area contributed by atoms with Crippen LogP contribution in [0.15, 0.2) is 24.3 Å². The highest BCUT2D eigenvalue weighted by atomic mass is 16.5. The molecule has 122 valence electrons. The first-order valence-electron chi connectivity index (χ1n) is 8.54. The molecule has 1 saturated heterocycles. The van der Waals surface area contributed by atoms with E-state index in [2.05, 4.69) is 10.6 Å². The van der Waals surface area contributed by atoms with E-state index in [1.165, 1.54) is 0 Å². The molecule has 0 radical (unpaired) electrons. The van der Waals surface area contributed by atoms with Gasteiger partial charge in [-0.3, -0.25) is 4.79 Å². The molecule has 5 nitrogen and oxygen atoms in total. The number of imidazole rings is 1. The Bertz CT molecular complexity index is 739. The summed E-state index contributed by atoms with van der Waals surface area (Å²) in [5, 5.41) is 0. The molecule has 5 heteroatoms. The van der Waals surface area contributed by atoms with Crippen LogP contribution < -0.4 is 0 Å². The molecule has 1 aliphatic heterocycles. The number of aryl methyl sites for hydroxylation is 1. The fourth-order valence-electron chi connectivity index (χ4n) is 3.80. The third kappa shape index (κ3) is 2.43. The highest BCUT2D eigenvalue weighted by Crippen LogP contribution is 2.40. The number of carbonyl (C=O) groups excluding carboxylic acids is 1. The number of hydrogen-bond donors (Lipinski definition) is 0. The fraction of sp³-hybridized carbons (Fsp3) is 0.556. The lowest BCUT2D eigenvalue weighted by atomic mass is 10.2. The SMILES string of the molecule is CCO[C@@H]1C[C@@H]1C(=O)N1CCC[C@H]1c1nc2ccccc2n1C. The predicted molar refractivity (Wildman–Crippen MR) is 87.9 cm³/mol. The van der Waals surface area contributed by atoms with Crippen LogP contribution in [0.5, 0.6) is 0 Å². The first-order valence-corrected chi connectivity index (χ1v) is 8.54. The Balaban J connectivity index is 1.60. The fourth-order valence-corrected chi connectivity index (χ4v) is 3.80. The summed E-state index contributed by atoms with van der Waals surface area (Å²) in [6.45, 7) is 3.50. The lowest BCUT2D eigenvalue weighted by Gasteiger charge is -2.24. The second kappa shape index (κ2) is 5.64. The van der Waals surface area contributed by atoms with Gasteiger partial charge in [-0.25, -0.2) is 4.98 Å². The second-order valence-corrected chi connectivity index (χ2v) is 6.54. The molecule has 2 heterocycles. The highest BCUT2D eigenvalue weighted by molar-refractivity contribution is 5.83. The summed E-state index contributed by atoms with van der Waals surface area (Å²) in [6, 6.07) is 8.25. The van der Waals surface area contributed by atoms with Crippen molar-refractivity contribution in [2.45, 2.75) is 38.3 Å². The van der Waals surface area contributed by atoms with Crippen LogP contribution in [0.25, 0.3) is 11.0 Å². The number of amides is 1. The molecule has 1 amide bonds.